The molecule has 1 unspecified atom stereocenters. The van der Waals surface area contributed by atoms with Gasteiger partial charge in [0.2, 0.25) is 6.29 Å². The van der Waals surface area contributed by atoms with E-state index >= 15 is 0 Å². The molecule has 30 heavy (non-hydrogen) atoms. The van der Waals surface area contributed by atoms with Crippen molar-refractivity contribution in [3.63, 3.8) is 0 Å². The fourth-order valence-corrected chi connectivity index (χ4v) is 2.56. The molecule has 9 heteroatoms. The Balaban J connectivity index is 1.70. The third-order valence-electron chi connectivity index (χ3n) is 4.12. The van der Waals surface area contributed by atoms with Crippen molar-refractivity contribution in [2.24, 2.45) is 5.92 Å². The van der Waals surface area contributed by atoms with Gasteiger partial charge in [-0.05, 0) is 31.4 Å². The molecular formula is C21H18F5O4. The van der Waals surface area contributed by atoms with Crippen LogP contribution in [0.4, 0.5) is 22.0 Å². The first kappa shape index (κ1) is 23.3. The summed E-state index contributed by atoms with van der Waals surface area (Å²) in [6.07, 6.45) is 2.23. The Morgan fingerprint density at radius 1 is 0.867 bits per heavy atom. The molecular weight excluding hydrogens is 411 g/mol. The summed E-state index contributed by atoms with van der Waals surface area (Å²) in [6.45, 7) is -0.190. The molecule has 0 fully saturated rings. The third-order valence-corrected chi connectivity index (χ3v) is 4.12. The maximum Gasteiger partial charge on any atom is 0.209 e. The Bertz CT molecular complexity index is 865. The lowest BCUT2D eigenvalue weighted by Gasteiger charge is -2.11. The van der Waals surface area contributed by atoms with E-state index in [1.54, 1.807) is 6.29 Å². The Hall–Kier alpha value is -2.97. The van der Waals surface area contributed by atoms with Crippen molar-refractivity contribution >= 4 is 12.1 Å². The Morgan fingerprint density at radius 3 is 2.20 bits per heavy atom. The lowest BCUT2D eigenvalue weighted by molar-refractivity contribution is -0.121. The molecule has 0 aliphatic carbocycles. The molecule has 0 bridgehead atoms. The summed E-state index contributed by atoms with van der Waals surface area (Å²) in [5, 5.41) is 0. The molecule has 1 radical (unpaired) electrons. The van der Waals surface area contributed by atoms with Crippen LogP contribution in [0.5, 0.6) is 11.5 Å². The molecule has 0 aliphatic heterocycles. The normalized spacial score (nSPS) is 11.8. The fraction of sp³-hybridized carbons (Fsp3) is 0.333. The molecule has 0 N–H and O–H groups in total. The van der Waals surface area contributed by atoms with Gasteiger partial charge in [0.25, 0.3) is 0 Å². The summed E-state index contributed by atoms with van der Waals surface area (Å²) >= 11 is 0. The smallest absolute Gasteiger partial charge is 0.209 e. The molecule has 0 aromatic heterocycles. The summed E-state index contributed by atoms with van der Waals surface area (Å²) in [5.74, 6) is -7.78. The van der Waals surface area contributed by atoms with Crippen LogP contribution in [0.2, 0.25) is 0 Å². The maximum absolute atomic E-state index is 13.5. The van der Waals surface area contributed by atoms with Gasteiger partial charge in [-0.3, -0.25) is 9.59 Å². The zero-order valence-corrected chi connectivity index (χ0v) is 15.7. The molecule has 0 saturated carbocycles. The average molecular weight is 429 g/mol. The van der Waals surface area contributed by atoms with E-state index in [0.29, 0.717) is 25.0 Å². The molecule has 0 amide bonds. The van der Waals surface area contributed by atoms with Crippen molar-refractivity contribution in [3.8, 4) is 11.5 Å². The second kappa shape index (κ2) is 11.3. The first-order valence-electron chi connectivity index (χ1n) is 9.07. The monoisotopic (exact) mass is 429 g/mol. The van der Waals surface area contributed by atoms with Crippen LogP contribution in [0.15, 0.2) is 30.3 Å². The van der Waals surface area contributed by atoms with E-state index in [9.17, 15) is 31.5 Å². The van der Waals surface area contributed by atoms with Crippen LogP contribution >= 0.6 is 0 Å². The van der Waals surface area contributed by atoms with Gasteiger partial charge >= 0.3 is 0 Å². The van der Waals surface area contributed by atoms with Gasteiger partial charge in [0.15, 0.2) is 29.0 Å². The van der Waals surface area contributed by atoms with Gasteiger partial charge in [-0.1, -0.05) is 0 Å². The molecule has 2 aromatic carbocycles. The van der Waals surface area contributed by atoms with E-state index in [4.69, 9.17) is 9.47 Å². The molecule has 0 saturated heterocycles. The van der Waals surface area contributed by atoms with Gasteiger partial charge in [0, 0.05) is 24.6 Å². The molecule has 0 spiro atoms. The van der Waals surface area contributed by atoms with Crippen LogP contribution in [-0.4, -0.2) is 25.3 Å². The number of carbonyl (C=O) groups excluding carboxylic acids is 2. The second-order valence-electron chi connectivity index (χ2n) is 6.35. The van der Waals surface area contributed by atoms with Crippen LogP contribution in [0.3, 0.4) is 0 Å². The SMILES string of the molecule is O=[C]C(CCOc1c(F)cc(F)cc1F)C(=O)CCCCOc1ccc(F)c(F)c1. The van der Waals surface area contributed by atoms with Crippen molar-refractivity contribution < 1.29 is 41.0 Å². The molecule has 2 aromatic rings. The Morgan fingerprint density at radius 2 is 1.57 bits per heavy atom. The Kier molecular flexibility index (Phi) is 8.76. The van der Waals surface area contributed by atoms with E-state index in [-0.39, 0.29) is 31.8 Å². The van der Waals surface area contributed by atoms with Gasteiger partial charge in [-0.2, -0.15) is 0 Å². The molecule has 4 nitrogen and oxygen atoms in total. The predicted octanol–water partition coefficient (Wildman–Crippen LogP) is 4.70. The summed E-state index contributed by atoms with van der Waals surface area (Å²) in [7, 11) is 0. The molecule has 0 heterocycles. The minimum Gasteiger partial charge on any atom is -0.493 e. The number of unbranched alkanes of at least 4 members (excludes halogenated alkanes) is 1. The standard InChI is InChI=1S/C21H18F5O4/c22-14-9-18(25)21(19(26)10-14)30-8-6-13(12-27)20(28)3-1-2-7-29-15-4-5-16(23)17(24)11-15/h4-5,9-11,13H,1-3,6-8H2. The minimum absolute atomic E-state index is 0.0281. The number of hydrogen-bond acceptors (Lipinski definition) is 4. The number of benzene rings is 2. The van der Waals surface area contributed by atoms with Crippen LogP contribution in [0.25, 0.3) is 0 Å². The first-order valence-corrected chi connectivity index (χ1v) is 9.07. The highest BCUT2D eigenvalue weighted by molar-refractivity contribution is 5.93. The van der Waals surface area contributed by atoms with Crippen LogP contribution in [0.1, 0.15) is 25.7 Å². The number of hydrogen-bond donors (Lipinski definition) is 0. The average Bonchev–Trinajstić information content (AvgIpc) is 2.69. The van der Waals surface area contributed by atoms with E-state index < -0.39 is 46.5 Å². The highest BCUT2D eigenvalue weighted by atomic mass is 19.2. The third kappa shape index (κ3) is 6.82. The summed E-state index contributed by atoms with van der Waals surface area (Å²) in [4.78, 5) is 23.1. The minimum atomic E-state index is -1.23. The first-order chi connectivity index (χ1) is 14.3. The summed E-state index contributed by atoms with van der Waals surface area (Å²) in [5.41, 5.74) is 0. The Labute approximate surface area is 169 Å². The lowest BCUT2D eigenvalue weighted by Crippen LogP contribution is -2.19. The lowest BCUT2D eigenvalue weighted by atomic mass is 9.98. The largest absolute Gasteiger partial charge is 0.493 e. The zero-order chi connectivity index (χ0) is 22.1. The van der Waals surface area contributed by atoms with Crippen LogP contribution in [0, 0.1) is 35.0 Å². The van der Waals surface area contributed by atoms with E-state index in [2.05, 4.69) is 0 Å². The fourth-order valence-electron chi connectivity index (χ4n) is 2.56. The van der Waals surface area contributed by atoms with Crippen molar-refractivity contribution in [1.29, 1.82) is 0 Å². The van der Waals surface area contributed by atoms with Crippen molar-refractivity contribution in [3.05, 3.63) is 59.4 Å². The summed E-state index contributed by atoms with van der Waals surface area (Å²) < 4.78 is 75.8. The molecule has 161 valence electrons. The van der Waals surface area contributed by atoms with Crippen molar-refractivity contribution in [1.82, 2.24) is 0 Å². The van der Waals surface area contributed by atoms with E-state index in [0.717, 1.165) is 12.1 Å². The van der Waals surface area contributed by atoms with Gasteiger partial charge in [-0.15, -0.1) is 0 Å². The summed E-state index contributed by atoms with van der Waals surface area (Å²) in [6, 6.07) is 4.02. The maximum atomic E-state index is 13.5. The number of ether oxygens (including phenoxy) is 2. The second-order valence-corrected chi connectivity index (χ2v) is 6.35. The number of Topliss-reactive ketones (excluding diaryl/α,β-unsaturated/α-hetero) is 1. The number of rotatable bonds is 12. The number of halogens is 5. The molecule has 1 atom stereocenters. The van der Waals surface area contributed by atoms with Crippen LogP contribution < -0.4 is 9.47 Å². The van der Waals surface area contributed by atoms with Gasteiger partial charge in [0.05, 0.1) is 19.1 Å². The van der Waals surface area contributed by atoms with Gasteiger partial charge < -0.3 is 9.47 Å². The van der Waals surface area contributed by atoms with Crippen molar-refractivity contribution in [2.75, 3.05) is 13.2 Å². The highest BCUT2D eigenvalue weighted by Crippen LogP contribution is 2.23. The van der Waals surface area contributed by atoms with E-state index in [1.165, 1.54) is 6.07 Å². The topological polar surface area (TPSA) is 52.6 Å². The highest BCUT2D eigenvalue weighted by Gasteiger charge is 2.20. The molecule has 0 aliphatic rings. The van der Waals surface area contributed by atoms with E-state index in [1.807, 2.05) is 0 Å². The van der Waals surface area contributed by atoms with Crippen LogP contribution in [-0.2, 0) is 9.59 Å². The van der Waals surface area contributed by atoms with Gasteiger partial charge in [0.1, 0.15) is 17.3 Å². The predicted molar refractivity (Wildman–Crippen MR) is 96.3 cm³/mol. The zero-order valence-electron chi connectivity index (χ0n) is 15.7. The number of carbonyl (C=O) groups is 1. The molecule has 2 rings (SSSR count). The number of ketones is 1. The van der Waals surface area contributed by atoms with Gasteiger partial charge in [-0.25, -0.2) is 22.0 Å². The quantitative estimate of drug-likeness (QED) is 0.279. The van der Waals surface area contributed by atoms with Crippen molar-refractivity contribution in [2.45, 2.75) is 25.7 Å².